The Hall–Kier alpha value is -3.46. The zero-order valence-electron chi connectivity index (χ0n) is 14.3. The molecule has 3 nitrogen and oxygen atoms in total. The highest BCUT2D eigenvalue weighted by Crippen LogP contribution is 2.32. The molecule has 2 aromatic heterocycles. The molecule has 0 spiro atoms. The molecule has 0 aliphatic rings. The highest BCUT2D eigenvalue weighted by molar-refractivity contribution is 6.06. The summed E-state index contributed by atoms with van der Waals surface area (Å²) in [5, 5.41) is 2.20. The van der Waals surface area contributed by atoms with Gasteiger partial charge in [-0.2, -0.15) is 0 Å². The summed E-state index contributed by atoms with van der Waals surface area (Å²) in [6, 6.07) is 26.4. The molecule has 0 amide bonds. The fourth-order valence-electron chi connectivity index (χ4n) is 3.32. The number of aryl methyl sites for hydroxylation is 1. The molecule has 0 aliphatic carbocycles. The Morgan fingerprint density at radius 3 is 2.31 bits per heavy atom. The van der Waals surface area contributed by atoms with Crippen LogP contribution >= 0.6 is 0 Å². The molecule has 0 saturated carbocycles. The van der Waals surface area contributed by atoms with Crippen molar-refractivity contribution in [3.8, 4) is 22.6 Å². The van der Waals surface area contributed by atoms with Crippen molar-refractivity contribution in [3.63, 3.8) is 0 Å². The zero-order valence-corrected chi connectivity index (χ0v) is 14.3. The molecule has 0 aliphatic heterocycles. The summed E-state index contributed by atoms with van der Waals surface area (Å²) in [6.07, 6.45) is 0. The van der Waals surface area contributed by atoms with Crippen molar-refractivity contribution in [2.75, 3.05) is 0 Å². The van der Waals surface area contributed by atoms with E-state index in [-0.39, 0.29) is 0 Å². The number of hydrogen-bond donors (Lipinski definition) is 0. The first-order valence-electron chi connectivity index (χ1n) is 8.61. The summed E-state index contributed by atoms with van der Waals surface area (Å²) in [6.45, 7) is 2.00. The maximum Gasteiger partial charge on any atom is 0.160 e. The fourth-order valence-corrected chi connectivity index (χ4v) is 3.32. The van der Waals surface area contributed by atoms with E-state index in [0.717, 1.165) is 50.3 Å². The van der Waals surface area contributed by atoms with Crippen LogP contribution < -0.4 is 0 Å². The van der Waals surface area contributed by atoms with Gasteiger partial charge in [0.05, 0.1) is 5.69 Å². The van der Waals surface area contributed by atoms with Crippen molar-refractivity contribution in [2.24, 2.45) is 0 Å². The van der Waals surface area contributed by atoms with Gasteiger partial charge in [-0.1, -0.05) is 48.5 Å². The predicted molar refractivity (Wildman–Crippen MR) is 105 cm³/mol. The van der Waals surface area contributed by atoms with Crippen LogP contribution in [-0.4, -0.2) is 9.97 Å². The lowest BCUT2D eigenvalue weighted by molar-refractivity contribution is 0.669. The summed E-state index contributed by atoms with van der Waals surface area (Å²) in [7, 11) is 0. The van der Waals surface area contributed by atoms with Gasteiger partial charge >= 0.3 is 0 Å². The Morgan fingerprint density at radius 1 is 0.654 bits per heavy atom. The van der Waals surface area contributed by atoms with Crippen molar-refractivity contribution in [2.45, 2.75) is 6.92 Å². The zero-order chi connectivity index (χ0) is 17.5. The summed E-state index contributed by atoms with van der Waals surface area (Å²) < 4.78 is 5.92. The molecule has 0 radical (unpaired) electrons. The summed E-state index contributed by atoms with van der Waals surface area (Å²) in [4.78, 5) is 9.46. The molecule has 0 bridgehead atoms. The topological polar surface area (TPSA) is 38.9 Å². The lowest BCUT2D eigenvalue weighted by atomic mass is 10.1. The van der Waals surface area contributed by atoms with Crippen LogP contribution in [-0.2, 0) is 0 Å². The second kappa shape index (κ2) is 5.81. The van der Waals surface area contributed by atoms with Crippen molar-refractivity contribution in [3.05, 3.63) is 84.6 Å². The third kappa shape index (κ3) is 2.45. The van der Waals surface area contributed by atoms with Crippen LogP contribution in [0.4, 0.5) is 0 Å². The maximum absolute atomic E-state index is 5.92. The van der Waals surface area contributed by atoms with Crippen molar-refractivity contribution < 1.29 is 4.42 Å². The highest BCUT2D eigenvalue weighted by Gasteiger charge is 2.11. The molecular weight excluding hydrogens is 320 g/mol. The predicted octanol–water partition coefficient (Wildman–Crippen LogP) is 6.02. The largest absolute Gasteiger partial charge is 0.456 e. The molecule has 3 aromatic carbocycles. The number of furan rings is 1. The summed E-state index contributed by atoms with van der Waals surface area (Å²) in [5.41, 5.74) is 5.75. The summed E-state index contributed by atoms with van der Waals surface area (Å²) >= 11 is 0. The van der Waals surface area contributed by atoms with Gasteiger partial charge in [-0.3, -0.25) is 0 Å². The van der Waals surface area contributed by atoms with Crippen LogP contribution in [0.5, 0.6) is 0 Å². The minimum absolute atomic E-state index is 0.732. The first-order chi connectivity index (χ1) is 12.8. The van der Waals surface area contributed by atoms with E-state index < -0.39 is 0 Å². The maximum atomic E-state index is 5.92. The van der Waals surface area contributed by atoms with E-state index in [1.54, 1.807) is 0 Å². The molecule has 5 rings (SSSR count). The van der Waals surface area contributed by atoms with Crippen LogP contribution in [0.25, 0.3) is 44.6 Å². The SMILES string of the molecule is Cc1cc(-c2ccccc2)nc(-c2ccc3oc4ccccc4c3c2)n1. The Morgan fingerprint density at radius 2 is 1.42 bits per heavy atom. The Balaban J connectivity index is 1.70. The molecule has 0 fully saturated rings. The van der Waals surface area contributed by atoms with Crippen molar-refractivity contribution in [1.29, 1.82) is 0 Å². The molecule has 0 N–H and O–H groups in total. The van der Waals surface area contributed by atoms with Crippen LogP contribution in [0, 0.1) is 6.92 Å². The Bertz CT molecular complexity index is 1240. The van der Waals surface area contributed by atoms with E-state index >= 15 is 0 Å². The summed E-state index contributed by atoms with van der Waals surface area (Å²) in [5.74, 6) is 0.732. The minimum atomic E-state index is 0.732. The number of aromatic nitrogens is 2. The first-order valence-corrected chi connectivity index (χ1v) is 8.61. The Labute approximate surface area is 151 Å². The lowest BCUT2D eigenvalue weighted by Crippen LogP contribution is -1.95. The monoisotopic (exact) mass is 336 g/mol. The van der Waals surface area contributed by atoms with E-state index in [4.69, 9.17) is 9.40 Å². The average Bonchev–Trinajstić information content (AvgIpc) is 3.06. The van der Waals surface area contributed by atoms with Gasteiger partial charge in [0, 0.05) is 27.6 Å². The van der Waals surface area contributed by atoms with Crippen molar-refractivity contribution >= 4 is 21.9 Å². The van der Waals surface area contributed by atoms with Gasteiger partial charge < -0.3 is 4.42 Å². The molecule has 3 heteroatoms. The third-order valence-corrected chi connectivity index (χ3v) is 4.56. The van der Waals surface area contributed by atoms with Crippen LogP contribution in [0.3, 0.4) is 0 Å². The van der Waals surface area contributed by atoms with Gasteiger partial charge in [0.2, 0.25) is 0 Å². The molecule has 2 heterocycles. The first kappa shape index (κ1) is 14.8. The second-order valence-corrected chi connectivity index (χ2v) is 6.39. The quantitative estimate of drug-likeness (QED) is 0.396. The molecular formula is C23H16N2O. The van der Waals surface area contributed by atoms with Crippen molar-refractivity contribution in [1.82, 2.24) is 9.97 Å². The molecule has 26 heavy (non-hydrogen) atoms. The van der Waals surface area contributed by atoms with E-state index in [2.05, 4.69) is 29.2 Å². The molecule has 124 valence electrons. The standard InChI is InChI=1S/C23H16N2O/c1-15-13-20(16-7-3-2-4-8-16)25-23(24-15)17-11-12-22-19(14-17)18-9-5-6-10-21(18)26-22/h2-14H,1H3. The lowest BCUT2D eigenvalue weighted by Gasteiger charge is -2.06. The third-order valence-electron chi connectivity index (χ3n) is 4.56. The molecule has 5 aromatic rings. The number of nitrogens with zero attached hydrogens (tertiary/aromatic N) is 2. The number of benzene rings is 3. The van der Waals surface area contributed by atoms with E-state index in [1.807, 2.05) is 61.5 Å². The van der Waals surface area contributed by atoms with Gasteiger partial charge in [-0.15, -0.1) is 0 Å². The molecule has 0 saturated heterocycles. The van der Waals surface area contributed by atoms with Crippen LogP contribution in [0.15, 0.2) is 83.3 Å². The molecule has 0 unspecified atom stereocenters. The van der Waals surface area contributed by atoms with Gasteiger partial charge in [-0.05, 0) is 37.3 Å². The normalized spacial score (nSPS) is 11.3. The Kier molecular flexibility index (Phi) is 3.32. The fraction of sp³-hybridized carbons (Fsp3) is 0.0435. The van der Waals surface area contributed by atoms with Crippen LogP contribution in [0.2, 0.25) is 0 Å². The smallest absolute Gasteiger partial charge is 0.160 e. The highest BCUT2D eigenvalue weighted by atomic mass is 16.3. The minimum Gasteiger partial charge on any atom is -0.456 e. The number of hydrogen-bond acceptors (Lipinski definition) is 3. The van der Waals surface area contributed by atoms with Gasteiger partial charge in [0.15, 0.2) is 5.82 Å². The number of fused-ring (bicyclic) bond motifs is 3. The van der Waals surface area contributed by atoms with Crippen LogP contribution in [0.1, 0.15) is 5.69 Å². The number of para-hydroxylation sites is 1. The van der Waals surface area contributed by atoms with E-state index in [0.29, 0.717) is 0 Å². The average molecular weight is 336 g/mol. The second-order valence-electron chi connectivity index (χ2n) is 6.39. The number of rotatable bonds is 2. The van der Waals surface area contributed by atoms with Gasteiger partial charge in [0.1, 0.15) is 11.2 Å². The van der Waals surface area contributed by atoms with Gasteiger partial charge in [0.25, 0.3) is 0 Å². The van der Waals surface area contributed by atoms with E-state index in [1.165, 1.54) is 0 Å². The van der Waals surface area contributed by atoms with E-state index in [9.17, 15) is 0 Å². The van der Waals surface area contributed by atoms with Gasteiger partial charge in [-0.25, -0.2) is 9.97 Å². The molecule has 0 atom stereocenters.